The van der Waals surface area contributed by atoms with E-state index in [1.807, 2.05) is 0 Å². The van der Waals surface area contributed by atoms with Crippen molar-refractivity contribution < 1.29 is 0 Å². The molecule has 18 heavy (non-hydrogen) atoms. The summed E-state index contributed by atoms with van der Waals surface area (Å²) >= 11 is 0. The summed E-state index contributed by atoms with van der Waals surface area (Å²) < 4.78 is 0. The third-order valence-electron chi connectivity index (χ3n) is 3.67. The zero-order valence-corrected chi connectivity index (χ0v) is 12.0. The van der Waals surface area contributed by atoms with Gasteiger partial charge in [-0.3, -0.25) is 0 Å². The lowest BCUT2D eigenvalue weighted by atomic mass is 10.0. The highest BCUT2D eigenvalue weighted by molar-refractivity contribution is 5.22. The minimum Gasteiger partial charge on any atom is -0.310 e. The minimum atomic E-state index is 0.253. The Morgan fingerprint density at radius 2 is 2.17 bits per heavy atom. The van der Waals surface area contributed by atoms with E-state index >= 15 is 0 Å². The standard InChI is InChI=1S/C16H26N2/c1-14-6-4-7-15(12-14)8-11-18-10-5-9-17-16(2,3)13-18/h4,6-7,12,17H,5,8-11,13H2,1-3H3. The number of nitrogens with zero attached hydrogens (tertiary/aromatic N) is 1. The monoisotopic (exact) mass is 246 g/mol. The van der Waals surface area contributed by atoms with Crippen LogP contribution in [0.4, 0.5) is 0 Å². The third kappa shape index (κ3) is 4.11. The van der Waals surface area contributed by atoms with Gasteiger partial charge >= 0.3 is 0 Å². The van der Waals surface area contributed by atoms with Gasteiger partial charge < -0.3 is 10.2 Å². The van der Waals surface area contributed by atoms with Gasteiger partial charge in [0.15, 0.2) is 0 Å². The van der Waals surface area contributed by atoms with Gasteiger partial charge in [-0.05, 0) is 52.3 Å². The van der Waals surface area contributed by atoms with Crippen molar-refractivity contribution in [3.63, 3.8) is 0 Å². The van der Waals surface area contributed by atoms with Gasteiger partial charge in [-0.2, -0.15) is 0 Å². The predicted octanol–water partition coefficient (Wildman–Crippen LogP) is 2.61. The predicted molar refractivity (Wildman–Crippen MR) is 78.0 cm³/mol. The fourth-order valence-electron chi connectivity index (χ4n) is 2.77. The van der Waals surface area contributed by atoms with Crippen molar-refractivity contribution in [1.29, 1.82) is 0 Å². The van der Waals surface area contributed by atoms with Crippen molar-refractivity contribution in [2.24, 2.45) is 0 Å². The number of benzene rings is 1. The molecule has 1 aliphatic heterocycles. The molecular formula is C16H26N2. The summed E-state index contributed by atoms with van der Waals surface area (Å²) in [5.41, 5.74) is 3.08. The molecule has 1 fully saturated rings. The summed E-state index contributed by atoms with van der Waals surface area (Å²) in [4.78, 5) is 2.60. The van der Waals surface area contributed by atoms with Crippen LogP contribution in [0.25, 0.3) is 0 Å². The van der Waals surface area contributed by atoms with Crippen LogP contribution in [0, 0.1) is 6.92 Å². The summed E-state index contributed by atoms with van der Waals surface area (Å²) in [5.74, 6) is 0. The Morgan fingerprint density at radius 3 is 2.94 bits per heavy atom. The van der Waals surface area contributed by atoms with Crippen LogP contribution in [-0.4, -0.2) is 36.6 Å². The molecule has 1 N–H and O–H groups in total. The lowest BCUT2D eigenvalue weighted by Crippen LogP contribution is -2.46. The molecule has 0 atom stereocenters. The Morgan fingerprint density at radius 1 is 1.33 bits per heavy atom. The van der Waals surface area contributed by atoms with E-state index in [-0.39, 0.29) is 5.54 Å². The number of hydrogen-bond donors (Lipinski definition) is 1. The number of rotatable bonds is 3. The van der Waals surface area contributed by atoms with Gasteiger partial charge in [0, 0.05) is 18.6 Å². The molecule has 0 aromatic heterocycles. The van der Waals surface area contributed by atoms with Gasteiger partial charge in [-0.25, -0.2) is 0 Å². The van der Waals surface area contributed by atoms with E-state index in [4.69, 9.17) is 0 Å². The summed E-state index contributed by atoms with van der Waals surface area (Å²) in [6, 6.07) is 8.89. The van der Waals surface area contributed by atoms with E-state index in [9.17, 15) is 0 Å². The normalized spacial score (nSPS) is 20.6. The van der Waals surface area contributed by atoms with E-state index in [1.54, 1.807) is 0 Å². The van der Waals surface area contributed by atoms with Crippen molar-refractivity contribution >= 4 is 0 Å². The van der Waals surface area contributed by atoms with E-state index in [0.717, 1.165) is 19.5 Å². The third-order valence-corrected chi connectivity index (χ3v) is 3.67. The van der Waals surface area contributed by atoms with E-state index in [1.165, 1.54) is 30.6 Å². The minimum absolute atomic E-state index is 0.253. The molecule has 1 aromatic carbocycles. The quantitative estimate of drug-likeness (QED) is 0.882. The summed E-state index contributed by atoms with van der Waals surface area (Å²) in [6.07, 6.45) is 2.43. The molecule has 2 heteroatoms. The van der Waals surface area contributed by atoms with Crippen molar-refractivity contribution in [2.45, 2.75) is 39.2 Å². The van der Waals surface area contributed by atoms with Gasteiger partial charge in [0.05, 0.1) is 0 Å². The molecule has 0 bridgehead atoms. The molecule has 0 aliphatic carbocycles. The maximum atomic E-state index is 3.62. The molecule has 0 saturated carbocycles. The summed E-state index contributed by atoms with van der Waals surface area (Å²) in [6.45, 7) is 11.5. The summed E-state index contributed by atoms with van der Waals surface area (Å²) in [7, 11) is 0. The van der Waals surface area contributed by atoms with Gasteiger partial charge in [0.25, 0.3) is 0 Å². The molecule has 0 spiro atoms. The Kier molecular flexibility index (Phi) is 4.41. The smallest absolute Gasteiger partial charge is 0.0252 e. The van der Waals surface area contributed by atoms with Gasteiger partial charge in [-0.15, -0.1) is 0 Å². The first-order chi connectivity index (χ1) is 8.55. The maximum absolute atomic E-state index is 3.62. The molecule has 0 radical (unpaired) electrons. The molecule has 0 amide bonds. The average Bonchev–Trinajstić information content (AvgIpc) is 2.47. The highest BCUT2D eigenvalue weighted by atomic mass is 15.2. The van der Waals surface area contributed by atoms with Crippen LogP contribution in [-0.2, 0) is 6.42 Å². The van der Waals surface area contributed by atoms with Gasteiger partial charge in [0.2, 0.25) is 0 Å². The molecule has 1 heterocycles. The van der Waals surface area contributed by atoms with Crippen LogP contribution in [0.3, 0.4) is 0 Å². The average molecular weight is 246 g/mol. The molecule has 2 rings (SSSR count). The van der Waals surface area contributed by atoms with Crippen molar-refractivity contribution in [1.82, 2.24) is 10.2 Å². The number of hydrogen-bond acceptors (Lipinski definition) is 2. The Balaban J connectivity index is 1.89. The van der Waals surface area contributed by atoms with Crippen LogP contribution in [0.5, 0.6) is 0 Å². The largest absolute Gasteiger partial charge is 0.310 e. The zero-order valence-electron chi connectivity index (χ0n) is 12.0. The highest BCUT2D eigenvalue weighted by Gasteiger charge is 2.23. The number of aryl methyl sites for hydroxylation is 1. The molecular weight excluding hydrogens is 220 g/mol. The first kappa shape index (κ1) is 13.6. The van der Waals surface area contributed by atoms with Crippen molar-refractivity contribution in [3.8, 4) is 0 Å². The SMILES string of the molecule is Cc1cccc(CCN2CCCNC(C)(C)C2)c1. The second-order valence-corrected chi connectivity index (χ2v) is 6.18. The fourth-order valence-corrected chi connectivity index (χ4v) is 2.77. The van der Waals surface area contributed by atoms with Crippen LogP contribution in [0.15, 0.2) is 24.3 Å². The van der Waals surface area contributed by atoms with Crippen LogP contribution in [0.1, 0.15) is 31.4 Å². The first-order valence-electron chi connectivity index (χ1n) is 7.08. The van der Waals surface area contributed by atoms with Crippen molar-refractivity contribution in [3.05, 3.63) is 35.4 Å². The van der Waals surface area contributed by atoms with E-state index in [0.29, 0.717) is 0 Å². The van der Waals surface area contributed by atoms with Crippen LogP contribution in [0.2, 0.25) is 0 Å². The topological polar surface area (TPSA) is 15.3 Å². The molecule has 100 valence electrons. The Hall–Kier alpha value is -0.860. The molecule has 1 aromatic rings. The lowest BCUT2D eigenvalue weighted by molar-refractivity contribution is 0.233. The lowest BCUT2D eigenvalue weighted by Gasteiger charge is -2.30. The Bertz CT molecular complexity index is 384. The summed E-state index contributed by atoms with van der Waals surface area (Å²) in [5, 5.41) is 3.62. The second-order valence-electron chi connectivity index (χ2n) is 6.18. The van der Waals surface area contributed by atoms with Gasteiger partial charge in [-0.1, -0.05) is 29.8 Å². The van der Waals surface area contributed by atoms with Crippen molar-refractivity contribution in [2.75, 3.05) is 26.2 Å². The molecule has 1 aliphatic rings. The zero-order chi connectivity index (χ0) is 13.0. The molecule has 1 saturated heterocycles. The molecule has 0 unspecified atom stereocenters. The first-order valence-corrected chi connectivity index (χ1v) is 7.08. The molecule has 2 nitrogen and oxygen atoms in total. The number of nitrogens with one attached hydrogen (secondary N) is 1. The van der Waals surface area contributed by atoms with E-state index < -0.39 is 0 Å². The fraction of sp³-hybridized carbons (Fsp3) is 0.625. The van der Waals surface area contributed by atoms with Gasteiger partial charge in [0.1, 0.15) is 0 Å². The maximum Gasteiger partial charge on any atom is 0.0252 e. The van der Waals surface area contributed by atoms with Crippen LogP contribution < -0.4 is 5.32 Å². The van der Waals surface area contributed by atoms with Crippen LogP contribution >= 0.6 is 0 Å². The Labute approximate surface area is 111 Å². The second kappa shape index (κ2) is 5.85. The van der Waals surface area contributed by atoms with E-state index in [2.05, 4.69) is 55.3 Å². The highest BCUT2D eigenvalue weighted by Crippen LogP contribution is 2.12.